The first kappa shape index (κ1) is 15.1. The van der Waals surface area contributed by atoms with Crippen LogP contribution < -0.4 is 10.6 Å². The maximum atomic E-state index is 11.6. The van der Waals surface area contributed by atoms with Gasteiger partial charge < -0.3 is 25.2 Å². The number of carboxylic acids is 1. The molecule has 20 heavy (non-hydrogen) atoms. The Morgan fingerprint density at radius 2 is 1.80 bits per heavy atom. The summed E-state index contributed by atoms with van der Waals surface area (Å²) in [6, 6.07) is -0.262. The number of hydrogen-bond donors (Lipinski definition) is 3. The van der Waals surface area contributed by atoms with E-state index in [-0.39, 0.29) is 18.2 Å². The maximum absolute atomic E-state index is 11.6. The van der Waals surface area contributed by atoms with Gasteiger partial charge in [0.2, 0.25) is 0 Å². The molecule has 114 valence electrons. The highest BCUT2D eigenvalue weighted by Crippen LogP contribution is 2.19. The third kappa shape index (κ3) is 4.64. The van der Waals surface area contributed by atoms with Gasteiger partial charge in [-0.3, -0.25) is 0 Å². The second kappa shape index (κ2) is 7.44. The molecule has 0 aromatic carbocycles. The van der Waals surface area contributed by atoms with Crippen molar-refractivity contribution in [3.8, 4) is 0 Å². The van der Waals surface area contributed by atoms with Gasteiger partial charge in [-0.25, -0.2) is 9.59 Å². The lowest BCUT2D eigenvalue weighted by Crippen LogP contribution is -2.43. The van der Waals surface area contributed by atoms with Crippen molar-refractivity contribution in [2.75, 3.05) is 19.7 Å². The van der Waals surface area contributed by atoms with E-state index in [0.29, 0.717) is 25.9 Å². The summed E-state index contributed by atoms with van der Waals surface area (Å²) in [5.41, 5.74) is 0. The van der Waals surface area contributed by atoms with Crippen LogP contribution in [0.2, 0.25) is 0 Å². The fourth-order valence-corrected chi connectivity index (χ4v) is 2.48. The number of aliphatic carboxylic acids is 1. The maximum Gasteiger partial charge on any atom is 0.332 e. The van der Waals surface area contributed by atoms with Crippen molar-refractivity contribution in [2.24, 2.45) is 0 Å². The largest absolute Gasteiger partial charge is 0.479 e. The summed E-state index contributed by atoms with van der Waals surface area (Å²) in [5.74, 6) is -0.939. The number of amides is 2. The van der Waals surface area contributed by atoms with E-state index in [4.69, 9.17) is 14.6 Å². The molecular weight excluding hydrogens is 264 g/mol. The van der Waals surface area contributed by atoms with Gasteiger partial charge in [-0.15, -0.1) is 0 Å². The summed E-state index contributed by atoms with van der Waals surface area (Å²) >= 11 is 0. The molecule has 2 saturated heterocycles. The van der Waals surface area contributed by atoms with Crippen molar-refractivity contribution < 1.29 is 24.2 Å². The second-order valence-electron chi connectivity index (χ2n) is 5.24. The Balaban J connectivity index is 1.57. The third-order valence-corrected chi connectivity index (χ3v) is 3.64. The summed E-state index contributed by atoms with van der Waals surface area (Å²) in [5, 5.41) is 14.3. The molecule has 2 heterocycles. The molecule has 0 bridgehead atoms. The lowest BCUT2D eigenvalue weighted by Gasteiger charge is -2.23. The third-order valence-electron chi connectivity index (χ3n) is 3.64. The number of carbonyl (C=O) groups excluding carboxylic acids is 1. The van der Waals surface area contributed by atoms with Crippen molar-refractivity contribution in [3.05, 3.63) is 0 Å². The Morgan fingerprint density at radius 3 is 2.40 bits per heavy atom. The molecule has 0 radical (unpaired) electrons. The quantitative estimate of drug-likeness (QED) is 0.683. The standard InChI is InChI=1S/C13H22N2O5/c16-12(17)11-5-4-10(20-11)8-15-13(18)14-7-9-3-1-2-6-19-9/h9-11H,1-8H2,(H,16,17)(H2,14,15,18). The number of nitrogens with one attached hydrogen (secondary N) is 2. The number of carboxylic acid groups (broad SMARTS) is 1. The summed E-state index contributed by atoms with van der Waals surface area (Å²) in [4.78, 5) is 22.3. The average Bonchev–Trinajstić information content (AvgIpc) is 2.93. The van der Waals surface area contributed by atoms with E-state index >= 15 is 0 Å². The lowest BCUT2D eigenvalue weighted by molar-refractivity contribution is -0.149. The van der Waals surface area contributed by atoms with Gasteiger partial charge >= 0.3 is 12.0 Å². The zero-order valence-corrected chi connectivity index (χ0v) is 11.5. The minimum absolute atomic E-state index is 0.105. The van der Waals surface area contributed by atoms with Crippen molar-refractivity contribution in [1.82, 2.24) is 10.6 Å². The Hall–Kier alpha value is -1.34. The van der Waals surface area contributed by atoms with Gasteiger partial charge in [-0.2, -0.15) is 0 Å². The fraction of sp³-hybridized carbons (Fsp3) is 0.846. The van der Waals surface area contributed by atoms with Crippen molar-refractivity contribution in [1.29, 1.82) is 0 Å². The topological polar surface area (TPSA) is 96.9 Å². The molecule has 2 amide bonds. The fourth-order valence-electron chi connectivity index (χ4n) is 2.48. The molecule has 0 aromatic rings. The van der Waals surface area contributed by atoms with Crippen LogP contribution in [0, 0.1) is 0 Å². The van der Waals surface area contributed by atoms with Crippen LogP contribution in [0.4, 0.5) is 4.79 Å². The van der Waals surface area contributed by atoms with Crippen LogP contribution in [0.1, 0.15) is 32.1 Å². The van der Waals surface area contributed by atoms with E-state index in [1.807, 2.05) is 0 Å². The second-order valence-corrected chi connectivity index (χ2v) is 5.24. The highest BCUT2D eigenvalue weighted by Gasteiger charge is 2.30. The minimum Gasteiger partial charge on any atom is -0.479 e. The molecule has 3 N–H and O–H groups in total. The first-order chi connectivity index (χ1) is 9.65. The molecule has 0 aromatic heterocycles. The number of ether oxygens (including phenoxy) is 2. The molecule has 0 saturated carbocycles. The molecule has 2 aliphatic rings. The van der Waals surface area contributed by atoms with Crippen LogP contribution in [0.5, 0.6) is 0 Å². The van der Waals surface area contributed by atoms with E-state index in [1.165, 1.54) is 0 Å². The normalized spacial score (nSPS) is 29.9. The Labute approximate surface area is 118 Å². The lowest BCUT2D eigenvalue weighted by atomic mass is 10.1. The van der Waals surface area contributed by atoms with Crippen LogP contribution >= 0.6 is 0 Å². The summed E-state index contributed by atoms with van der Waals surface area (Å²) in [7, 11) is 0. The average molecular weight is 286 g/mol. The Kier molecular flexibility index (Phi) is 5.60. The van der Waals surface area contributed by atoms with E-state index in [9.17, 15) is 9.59 Å². The van der Waals surface area contributed by atoms with Gasteiger partial charge in [-0.1, -0.05) is 0 Å². The van der Waals surface area contributed by atoms with E-state index in [1.54, 1.807) is 0 Å². The highest BCUT2D eigenvalue weighted by molar-refractivity contribution is 5.74. The van der Waals surface area contributed by atoms with E-state index in [0.717, 1.165) is 25.9 Å². The molecule has 7 heteroatoms. The van der Waals surface area contributed by atoms with Crippen LogP contribution in [0.3, 0.4) is 0 Å². The predicted molar refractivity (Wildman–Crippen MR) is 70.5 cm³/mol. The zero-order valence-electron chi connectivity index (χ0n) is 11.5. The number of urea groups is 1. The molecule has 3 unspecified atom stereocenters. The molecular formula is C13H22N2O5. The van der Waals surface area contributed by atoms with Crippen molar-refractivity contribution >= 4 is 12.0 Å². The summed E-state index contributed by atoms with van der Waals surface area (Å²) in [6.07, 6.45) is 3.52. The molecule has 0 aliphatic carbocycles. The van der Waals surface area contributed by atoms with Crippen LogP contribution in [0.25, 0.3) is 0 Å². The molecule has 2 rings (SSSR count). The van der Waals surface area contributed by atoms with E-state index < -0.39 is 12.1 Å². The first-order valence-corrected chi connectivity index (χ1v) is 7.16. The molecule has 0 spiro atoms. The van der Waals surface area contributed by atoms with Crippen LogP contribution in [0.15, 0.2) is 0 Å². The SMILES string of the molecule is O=C(NCC1CCCCO1)NCC1CCC(C(=O)O)O1. The van der Waals surface area contributed by atoms with Gasteiger partial charge in [0.15, 0.2) is 6.10 Å². The Bertz CT molecular complexity index is 344. The highest BCUT2D eigenvalue weighted by atomic mass is 16.5. The van der Waals surface area contributed by atoms with Gasteiger partial charge in [0.25, 0.3) is 0 Å². The van der Waals surface area contributed by atoms with Crippen LogP contribution in [-0.2, 0) is 14.3 Å². The molecule has 2 fully saturated rings. The molecule has 2 aliphatic heterocycles. The van der Waals surface area contributed by atoms with Gasteiger partial charge in [-0.05, 0) is 32.1 Å². The van der Waals surface area contributed by atoms with Gasteiger partial charge in [0.05, 0.1) is 12.2 Å². The van der Waals surface area contributed by atoms with E-state index in [2.05, 4.69) is 10.6 Å². The summed E-state index contributed by atoms with van der Waals surface area (Å²) in [6.45, 7) is 1.61. The number of hydrogen-bond acceptors (Lipinski definition) is 4. The van der Waals surface area contributed by atoms with Crippen LogP contribution in [-0.4, -0.2) is 55.1 Å². The minimum atomic E-state index is -0.939. The van der Waals surface area contributed by atoms with Gasteiger partial charge in [0.1, 0.15) is 0 Å². The summed E-state index contributed by atoms with van der Waals surface area (Å²) < 4.78 is 10.8. The van der Waals surface area contributed by atoms with Gasteiger partial charge in [0, 0.05) is 19.7 Å². The smallest absolute Gasteiger partial charge is 0.332 e. The zero-order chi connectivity index (χ0) is 14.4. The Morgan fingerprint density at radius 1 is 1.05 bits per heavy atom. The number of rotatable bonds is 5. The first-order valence-electron chi connectivity index (χ1n) is 7.16. The molecule has 3 atom stereocenters. The monoisotopic (exact) mass is 286 g/mol. The van der Waals surface area contributed by atoms with Crippen molar-refractivity contribution in [2.45, 2.75) is 50.4 Å². The van der Waals surface area contributed by atoms with Crippen molar-refractivity contribution in [3.63, 3.8) is 0 Å². The number of carbonyl (C=O) groups is 2. The molecule has 7 nitrogen and oxygen atoms in total. The predicted octanol–water partition coefficient (Wildman–Crippen LogP) is 0.487.